The van der Waals surface area contributed by atoms with E-state index in [1.165, 1.54) is 12.1 Å². The van der Waals surface area contributed by atoms with Gasteiger partial charge in [0.2, 0.25) is 0 Å². The van der Waals surface area contributed by atoms with Gasteiger partial charge in [0.05, 0.1) is 28.8 Å². The lowest BCUT2D eigenvalue weighted by atomic mass is 10.1. The van der Waals surface area contributed by atoms with Crippen molar-refractivity contribution in [1.82, 2.24) is 0 Å². The number of carboxylic acid groups (broad SMARTS) is 2. The topological polar surface area (TPSA) is 118 Å². The van der Waals surface area contributed by atoms with E-state index < -0.39 is 34.9 Å². The van der Waals surface area contributed by atoms with Gasteiger partial charge in [0.25, 0.3) is 11.8 Å². The van der Waals surface area contributed by atoms with Crippen LogP contribution in [0.5, 0.6) is 0 Å². The Labute approximate surface area is 129 Å². The molecule has 2 amide bonds. The number of amides is 2. The molecule has 0 fully saturated rings. The first-order valence-electron chi connectivity index (χ1n) is 6.45. The third kappa shape index (κ3) is 2.24. The minimum atomic E-state index is -1.63. The molecule has 0 spiro atoms. The summed E-state index contributed by atoms with van der Waals surface area (Å²) in [6, 6.07) is 8.92. The maximum absolute atomic E-state index is 12.3. The molecule has 23 heavy (non-hydrogen) atoms. The van der Waals surface area contributed by atoms with Crippen LogP contribution in [-0.4, -0.2) is 23.8 Å². The molecule has 7 nitrogen and oxygen atoms in total. The monoisotopic (exact) mass is 309 g/mol. The van der Waals surface area contributed by atoms with Crippen LogP contribution >= 0.6 is 0 Å². The number of benzene rings is 2. The van der Waals surface area contributed by atoms with Gasteiger partial charge < -0.3 is 19.8 Å². The Kier molecular flexibility index (Phi) is 3.18. The van der Waals surface area contributed by atoms with Gasteiger partial charge in [-0.1, -0.05) is 12.1 Å². The molecular weight excluding hydrogens is 302 g/mol. The molecule has 0 unspecified atom stereocenters. The maximum Gasteiger partial charge on any atom is 0.266 e. The molecule has 0 aliphatic carbocycles. The molecule has 3 rings (SSSR count). The number of aromatic carboxylic acids is 2. The Morgan fingerprint density at radius 1 is 0.783 bits per heavy atom. The number of anilines is 1. The van der Waals surface area contributed by atoms with Crippen molar-refractivity contribution in [3.05, 3.63) is 64.7 Å². The Hall–Kier alpha value is -3.48. The Morgan fingerprint density at radius 2 is 1.22 bits per heavy atom. The third-order valence-electron chi connectivity index (χ3n) is 3.44. The highest BCUT2D eigenvalue weighted by Gasteiger charge is 2.36. The van der Waals surface area contributed by atoms with Crippen molar-refractivity contribution in [3.63, 3.8) is 0 Å². The van der Waals surface area contributed by atoms with Crippen LogP contribution in [0.15, 0.2) is 42.5 Å². The lowest BCUT2D eigenvalue weighted by Gasteiger charge is -2.17. The molecule has 1 heterocycles. The Balaban J connectivity index is 2.16. The van der Waals surface area contributed by atoms with Gasteiger partial charge in [0, 0.05) is 0 Å². The van der Waals surface area contributed by atoms with E-state index in [0.29, 0.717) is 0 Å². The minimum Gasteiger partial charge on any atom is -0.545 e. The minimum absolute atomic E-state index is 0.159. The highest BCUT2D eigenvalue weighted by molar-refractivity contribution is 6.34. The normalized spacial score (nSPS) is 13.1. The molecule has 7 heteroatoms. The van der Waals surface area contributed by atoms with Gasteiger partial charge in [-0.05, 0) is 41.5 Å². The number of hydrogen-bond donors (Lipinski definition) is 0. The van der Waals surface area contributed by atoms with Crippen LogP contribution in [0.25, 0.3) is 0 Å². The number of carboxylic acids is 2. The zero-order chi connectivity index (χ0) is 16.7. The second kappa shape index (κ2) is 5.06. The summed E-state index contributed by atoms with van der Waals surface area (Å²) in [6.07, 6.45) is 0. The van der Waals surface area contributed by atoms with E-state index in [1.807, 2.05) is 0 Å². The first-order chi connectivity index (χ1) is 10.9. The van der Waals surface area contributed by atoms with Crippen molar-refractivity contribution in [2.24, 2.45) is 0 Å². The van der Waals surface area contributed by atoms with Gasteiger partial charge in [-0.2, -0.15) is 0 Å². The molecular formula is C16H7NO6-2. The average molecular weight is 309 g/mol. The number of hydrogen-bond acceptors (Lipinski definition) is 6. The van der Waals surface area contributed by atoms with Crippen molar-refractivity contribution < 1.29 is 29.4 Å². The molecule has 0 radical (unpaired) electrons. The first kappa shape index (κ1) is 14.5. The number of carbonyl (C=O) groups excluding carboxylic acids is 4. The van der Waals surface area contributed by atoms with E-state index in [9.17, 15) is 29.4 Å². The summed E-state index contributed by atoms with van der Waals surface area (Å²) in [4.78, 5) is 47.4. The van der Waals surface area contributed by atoms with Gasteiger partial charge in [-0.3, -0.25) is 9.59 Å². The largest absolute Gasteiger partial charge is 0.545 e. The third-order valence-corrected chi connectivity index (χ3v) is 3.44. The molecule has 1 aliphatic heterocycles. The summed E-state index contributed by atoms with van der Waals surface area (Å²) in [5.74, 6) is -4.59. The predicted octanol–water partition coefficient (Wildman–Crippen LogP) is -0.786. The van der Waals surface area contributed by atoms with Crippen LogP contribution in [0.4, 0.5) is 5.69 Å². The second-order valence-electron chi connectivity index (χ2n) is 4.83. The maximum atomic E-state index is 12.3. The standard InChI is InChI=1S/C16H9NO6/c18-13-11-3-1-2-4-12(11)14(19)17(13)10-6-8(15(20)21)5-9(7-10)16(22)23/h1-7H,(H,20,21)(H,22,23)/p-2. The van der Waals surface area contributed by atoms with E-state index >= 15 is 0 Å². The molecule has 2 aromatic carbocycles. The van der Waals surface area contributed by atoms with Crippen molar-refractivity contribution in [2.45, 2.75) is 0 Å². The van der Waals surface area contributed by atoms with Crippen LogP contribution < -0.4 is 15.1 Å². The predicted molar refractivity (Wildman–Crippen MR) is 72.7 cm³/mol. The van der Waals surface area contributed by atoms with E-state index in [0.717, 1.165) is 23.1 Å². The summed E-state index contributed by atoms with van der Waals surface area (Å²) < 4.78 is 0. The lowest BCUT2D eigenvalue weighted by molar-refractivity contribution is -0.255. The quantitative estimate of drug-likeness (QED) is 0.686. The van der Waals surface area contributed by atoms with E-state index in [4.69, 9.17) is 0 Å². The molecule has 0 bridgehead atoms. The smallest absolute Gasteiger partial charge is 0.266 e. The van der Waals surface area contributed by atoms with Crippen LogP contribution in [-0.2, 0) is 0 Å². The molecule has 0 saturated heterocycles. The number of rotatable bonds is 3. The van der Waals surface area contributed by atoms with Crippen LogP contribution in [0.3, 0.4) is 0 Å². The molecule has 0 atom stereocenters. The summed E-state index contributed by atoms with van der Waals surface area (Å²) in [5, 5.41) is 22.0. The average Bonchev–Trinajstić information content (AvgIpc) is 2.79. The van der Waals surface area contributed by atoms with Crippen LogP contribution in [0, 0.1) is 0 Å². The number of carbonyl (C=O) groups is 4. The molecule has 114 valence electrons. The highest BCUT2D eigenvalue weighted by atomic mass is 16.4. The molecule has 0 saturated carbocycles. The van der Waals surface area contributed by atoms with Crippen molar-refractivity contribution >= 4 is 29.4 Å². The fourth-order valence-corrected chi connectivity index (χ4v) is 2.40. The number of imide groups is 1. The number of nitrogens with zero attached hydrogens (tertiary/aromatic N) is 1. The Bertz CT molecular complexity index is 819. The van der Waals surface area contributed by atoms with Crippen LogP contribution in [0.1, 0.15) is 41.4 Å². The molecule has 0 aromatic heterocycles. The van der Waals surface area contributed by atoms with E-state index in [1.54, 1.807) is 12.1 Å². The van der Waals surface area contributed by atoms with Gasteiger partial charge in [0.1, 0.15) is 0 Å². The van der Waals surface area contributed by atoms with Crippen LogP contribution in [0.2, 0.25) is 0 Å². The summed E-state index contributed by atoms with van der Waals surface area (Å²) in [6.45, 7) is 0. The summed E-state index contributed by atoms with van der Waals surface area (Å²) in [5.41, 5.74) is -0.800. The molecule has 1 aliphatic rings. The zero-order valence-corrected chi connectivity index (χ0v) is 11.4. The zero-order valence-electron chi connectivity index (χ0n) is 11.4. The SMILES string of the molecule is O=C([O-])c1cc(C(=O)[O-])cc(N2C(=O)c3ccccc3C2=O)c1. The van der Waals surface area contributed by atoms with Crippen molar-refractivity contribution in [3.8, 4) is 0 Å². The van der Waals surface area contributed by atoms with Gasteiger partial charge in [0.15, 0.2) is 0 Å². The Morgan fingerprint density at radius 3 is 1.61 bits per heavy atom. The molecule has 2 aromatic rings. The lowest BCUT2D eigenvalue weighted by Crippen LogP contribution is -2.31. The van der Waals surface area contributed by atoms with E-state index in [2.05, 4.69) is 0 Å². The van der Waals surface area contributed by atoms with Crippen molar-refractivity contribution in [2.75, 3.05) is 4.90 Å². The second-order valence-corrected chi connectivity index (χ2v) is 4.83. The van der Waals surface area contributed by atoms with Gasteiger partial charge >= 0.3 is 0 Å². The summed E-state index contributed by atoms with van der Waals surface area (Å²) >= 11 is 0. The van der Waals surface area contributed by atoms with E-state index in [-0.39, 0.29) is 16.8 Å². The van der Waals surface area contributed by atoms with Gasteiger partial charge in [-0.25, -0.2) is 4.90 Å². The highest BCUT2D eigenvalue weighted by Crippen LogP contribution is 2.29. The van der Waals surface area contributed by atoms with Crippen molar-refractivity contribution in [1.29, 1.82) is 0 Å². The number of fused-ring (bicyclic) bond motifs is 1. The van der Waals surface area contributed by atoms with Gasteiger partial charge in [-0.15, -0.1) is 0 Å². The summed E-state index contributed by atoms with van der Waals surface area (Å²) in [7, 11) is 0. The molecule has 0 N–H and O–H groups in total. The fraction of sp³-hybridized carbons (Fsp3) is 0. The first-order valence-corrected chi connectivity index (χ1v) is 6.45. The fourth-order valence-electron chi connectivity index (χ4n) is 2.40.